The number of fused-ring (bicyclic) bond motifs is 1. The highest BCUT2D eigenvalue weighted by molar-refractivity contribution is 7.89. The number of aliphatic carboxylic acids is 1. The summed E-state index contributed by atoms with van der Waals surface area (Å²) in [7, 11) is -3.86. The predicted molar refractivity (Wildman–Crippen MR) is 97.4 cm³/mol. The molecule has 0 bridgehead atoms. The summed E-state index contributed by atoms with van der Waals surface area (Å²) in [5, 5.41) is 13.2. The van der Waals surface area contributed by atoms with Crippen LogP contribution >= 0.6 is 0 Å². The van der Waals surface area contributed by atoms with Crippen molar-refractivity contribution < 1.29 is 23.1 Å². The molecule has 1 heterocycles. The van der Waals surface area contributed by atoms with E-state index in [2.05, 4.69) is 5.32 Å². The average Bonchev–Trinajstić information content (AvgIpc) is 2.99. The number of nitrogens with one attached hydrogen (secondary N) is 1. The smallest absolute Gasteiger partial charge is 0.310 e. The van der Waals surface area contributed by atoms with E-state index in [1.807, 2.05) is 0 Å². The third-order valence-electron chi connectivity index (χ3n) is 4.77. The molecule has 7 nitrogen and oxygen atoms in total. The van der Waals surface area contributed by atoms with Crippen LogP contribution in [0.15, 0.2) is 41.3 Å². The summed E-state index contributed by atoms with van der Waals surface area (Å²) >= 11 is 0. The van der Waals surface area contributed by atoms with Gasteiger partial charge in [0.15, 0.2) is 0 Å². The van der Waals surface area contributed by atoms with Crippen LogP contribution in [0.3, 0.4) is 0 Å². The summed E-state index contributed by atoms with van der Waals surface area (Å²) in [6.45, 7) is 3.04. The molecule has 3 rings (SSSR count). The molecule has 2 N–H and O–H groups in total. The second kappa shape index (κ2) is 6.37. The summed E-state index contributed by atoms with van der Waals surface area (Å²) in [6, 6.07) is 9.93. The van der Waals surface area contributed by atoms with Gasteiger partial charge in [-0.3, -0.25) is 9.59 Å². The molecule has 0 radical (unpaired) electrons. The molecule has 1 aliphatic rings. The molecule has 1 unspecified atom stereocenters. The lowest BCUT2D eigenvalue weighted by Gasteiger charge is -2.21. The fraction of sp³-hybridized carbons (Fsp3) is 0.333. The molecule has 0 spiro atoms. The topological polar surface area (TPSA) is 104 Å². The molecule has 1 amide bonds. The van der Waals surface area contributed by atoms with E-state index in [1.165, 1.54) is 17.3 Å². The Hall–Kier alpha value is -2.45. The molecule has 26 heavy (non-hydrogen) atoms. The molecule has 1 saturated heterocycles. The quantitative estimate of drug-likeness (QED) is 0.852. The lowest BCUT2D eigenvalue weighted by atomic mass is 9.90. The summed E-state index contributed by atoms with van der Waals surface area (Å²) in [5.74, 6) is -1.25. The number of nitrogens with zero attached hydrogens (tertiary/aromatic N) is 1. The van der Waals surface area contributed by atoms with Gasteiger partial charge in [-0.2, -0.15) is 4.31 Å². The Kier molecular flexibility index (Phi) is 4.49. The van der Waals surface area contributed by atoms with E-state index in [0.29, 0.717) is 16.5 Å². The standard InChI is InChI=1S/C18H20N2O5S/c1-12(21)19-15-7-8-16(14-6-4-3-5-13(14)15)26(24,25)20-10-9-18(2,11-20)17(22)23/h3-8H,9-11H2,1-2H3,(H,19,21)(H,22,23). The van der Waals surface area contributed by atoms with Crippen LogP contribution in [-0.4, -0.2) is 42.8 Å². The van der Waals surface area contributed by atoms with Crippen molar-refractivity contribution in [3.63, 3.8) is 0 Å². The van der Waals surface area contributed by atoms with Crippen molar-refractivity contribution in [3.8, 4) is 0 Å². The Morgan fingerprint density at radius 1 is 1.15 bits per heavy atom. The molecular weight excluding hydrogens is 356 g/mol. The summed E-state index contributed by atoms with van der Waals surface area (Å²) in [4.78, 5) is 22.9. The third kappa shape index (κ3) is 3.06. The first-order valence-corrected chi connectivity index (χ1v) is 9.62. The first-order valence-electron chi connectivity index (χ1n) is 8.18. The molecule has 1 fully saturated rings. The molecule has 8 heteroatoms. The van der Waals surface area contributed by atoms with E-state index in [-0.39, 0.29) is 30.3 Å². The number of sulfonamides is 1. The monoisotopic (exact) mass is 376 g/mol. The highest BCUT2D eigenvalue weighted by Gasteiger charge is 2.45. The number of benzene rings is 2. The highest BCUT2D eigenvalue weighted by atomic mass is 32.2. The molecule has 1 atom stereocenters. The molecule has 0 aliphatic carbocycles. The number of carboxylic acids is 1. The van der Waals surface area contributed by atoms with Crippen LogP contribution in [0.4, 0.5) is 5.69 Å². The second-order valence-corrected chi connectivity index (χ2v) is 8.70. The van der Waals surface area contributed by atoms with Crippen LogP contribution in [-0.2, 0) is 19.6 Å². The van der Waals surface area contributed by atoms with Gasteiger partial charge in [0.25, 0.3) is 0 Å². The molecule has 2 aromatic rings. The van der Waals surface area contributed by atoms with Crippen molar-refractivity contribution in [2.24, 2.45) is 5.41 Å². The lowest BCUT2D eigenvalue weighted by Crippen LogP contribution is -2.35. The zero-order valence-corrected chi connectivity index (χ0v) is 15.3. The minimum Gasteiger partial charge on any atom is -0.481 e. The van der Waals surface area contributed by atoms with Crippen molar-refractivity contribution in [2.75, 3.05) is 18.4 Å². The van der Waals surface area contributed by atoms with E-state index in [1.54, 1.807) is 37.3 Å². The van der Waals surface area contributed by atoms with E-state index in [9.17, 15) is 23.1 Å². The van der Waals surface area contributed by atoms with Gasteiger partial charge in [0, 0.05) is 36.5 Å². The van der Waals surface area contributed by atoms with Crippen molar-refractivity contribution >= 4 is 38.4 Å². The van der Waals surface area contributed by atoms with Gasteiger partial charge in [-0.25, -0.2) is 8.42 Å². The fourth-order valence-corrected chi connectivity index (χ4v) is 4.99. The van der Waals surface area contributed by atoms with Gasteiger partial charge < -0.3 is 10.4 Å². The zero-order chi connectivity index (χ0) is 19.1. The normalized spacial score (nSPS) is 21.0. The van der Waals surface area contributed by atoms with Gasteiger partial charge >= 0.3 is 5.97 Å². The molecule has 1 aliphatic heterocycles. The zero-order valence-electron chi connectivity index (χ0n) is 14.5. The SMILES string of the molecule is CC(=O)Nc1ccc(S(=O)(=O)N2CCC(C)(C(=O)O)C2)c2ccccc12. The van der Waals surface area contributed by atoms with Gasteiger partial charge in [-0.15, -0.1) is 0 Å². The van der Waals surface area contributed by atoms with Crippen LogP contribution in [0.1, 0.15) is 20.3 Å². The number of hydrogen-bond acceptors (Lipinski definition) is 4. The maximum absolute atomic E-state index is 13.1. The van der Waals surface area contributed by atoms with Gasteiger partial charge in [0.05, 0.1) is 10.3 Å². The molecular formula is C18H20N2O5S. The Bertz CT molecular complexity index is 1000. The maximum Gasteiger partial charge on any atom is 0.310 e. The van der Waals surface area contributed by atoms with Gasteiger partial charge in [0.1, 0.15) is 0 Å². The Labute approximate surface area is 151 Å². The maximum atomic E-state index is 13.1. The van der Waals surface area contributed by atoms with E-state index < -0.39 is 21.4 Å². The van der Waals surface area contributed by atoms with Crippen LogP contribution < -0.4 is 5.32 Å². The van der Waals surface area contributed by atoms with Gasteiger partial charge in [-0.1, -0.05) is 24.3 Å². The third-order valence-corrected chi connectivity index (χ3v) is 6.67. The number of rotatable bonds is 4. The van der Waals surface area contributed by atoms with E-state index in [0.717, 1.165) is 0 Å². The van der Waals surface area contributed by atoms with Gasteiger partial charge in [0.2, 0.25) is 15.9 Å². The summed E-state index contributed by atoms with van der Waals surface area (Å²) < 4.78 is 27.5. The Morgan fingerprint density at radius 3 is 2.38 bits per heavy atom. The van der Waals surface area contributed by atoms with E-state index in [4.69, 9.17) is 0 Å². The second-order valence-electron chi connectivity index (χ2n) is 6.79. The fourth-order valence-electron chi connectivity index (χ4n) is 3.23. The van der Waals surface area contributed by atoms with Crippen molar-refractivity contribution in [1.82, 2.24) is 4.31 Å². The van der Waals surface area contributed by atoms with Crippen molar-refractivity contribution in [2.45, 2.75) is 25.2 Å². The van der Waals surface area contributed by atoms with Crippen LogP contribution in [0, 0.1) is 5.41 Å². The largest absolute Gasteiger partial charge is 0.481 e. The number of anilines is 1. The first-order chi connectivity index (χ1) is 12.1. The minimum absolute atomic E-state index is 0.0631. The van der Waals surface area contributed by atoms with E-state index >= 15 is 0 Å². The predicted octanol–water partition coefficient (Wildman–Crippen LogP) is 2.28. The van der Waals surface area contributed by atoms with Crippen molar-refractivity contribution in [3.05, 3.63) is 36.4 Å². The highest BCUT2D eigenvalue weighted by Crippen LogP contribution is 2.36. The number of hydrogen-bond donors (Lipinski definition) is 2. The number of carbonyl (C=O) groups is 2. The number of carbonyl (C=O) groups excluding carboxylic acids is 1. The molecule has 2 aromatic carbocycles. The minimum atomic E-state index is -3.86. The average molecular weight is 376 g/mol. The number of amides is 1. The lowest BCUT2D eigenvalue weighted by molar-refractivity contribution is -0.146. The summed E-state index contributed by atoms with van der Waals surface area (Å²) in [5.41, 5.74) is -0.553. The Morgan fingerprint density at radius 2 is 1.81 bits per heavy atom. The number of carboxylic acid groups (broad SMARTS) is 1. The molecule has 0 saturated carbocycles. The molecule has 0 aromatic heterocycles. The van der Waals surface area contributed by atoms with Crippen LogP contribution in [0.2, 0.25) is 0 Å². The first kappa shape index (κ1) is 18.3. The Balaban J connectivity index is 2.08. The molecule has 138 valence electrons. The van der Waals surface area contributed by atoms with Crippen LogP contribution in [0.5, 0.6) is 0 Å². The summed E-state index contributed by atoms with van der Waals surface area (Å²) in [6.07, 6.45) is 0.267. The van der Waals surface area contributed by atoms with Crippen molar-refractivity contribution in [1.29, 1.82) is 0 Å². The van der Waals surface area contributed by atoms with Gasteiger partial charge in [-0.05, 0) is 25.5 Å². The van der Waals surface area contributed by atoms with Crippen LogP contribution in [0.25, 0.3) is 10.8 Å².